The van der Waals surface area contributed by atoms with E-state index in [2.05, 4.69) is 13.2 Å². The van der Waals surface area contributed by atoms with E-state index in [4.69, 9.17) is 0 Å². The minimum atomic E-state index is 0.0290. The summed E-state index contributed by atoms with van der Waals surface area (Å²) in [5.74, 6) is 1.73. The second kappa shape index (κ2) is 5.04. The Balaban J connectivity index is 2.58. The van der Waals surface area contributed by atoms with Gasteiger partial charge in [0.15, 0.2) is 0 Å². The Labute approximate surface area is 85.7 Å². The van der Waals surface area contributed by atoms with Crippen molar-refractivity contribution >= 4 is 18.0 Å². The van der Waals surface area contributed by atoms with Gasteiger partial charge in [0, 0.05) is 5.41 Å². The Morgan fingerprint density at radius 2 is 2.31 bits per heavy atom. The van der Waals surface area contributed by atoms with Crippen molar-refractivity contribution in [3.05, 3.63) is 0 Å². The van der Waals surface area contributed by atoms with Crippen molar-refractivity contribution in [2.24, 2.45) is 11.3 Å². The van der Waals surface area contributed by atoms with Crippen molar-refractivity contribution in [1.82, 2.24) is 0 Å². The summed E-state index contributed by atoms with van der Waals surface area (Å²) >= 11 is 1.85. The number of carbonyl (C=O) groups is 1. The van der Waals surface area contributed by atoms with Crippen LogP contribution in [0.2, 0.25) is 0 Å². The van der Waals surface area contributed by atoms with Gasteiger partial charge < -0.3 is 4.79 Å². The van der Waals surface area contributed by atoms with Crippen LogP contribution in [-0.4, -0.2) is 18.3 Å². The van der Waals surface area contributed by atoms with Crippen LogP contribution in [0.4, 0.5) is 0 Å². The lowest BCUT2D eigenvalue weighted by atomic mass is 9.66. The van der Waals surface area contributed by atoms with E-state index in [1.54, 1.807) is 0 Å². The van der Waals surface area contributed by atoms with Gasteiger partial charge in [0.1, 0.15) is 6.29 Å². The largest absolute Gasteiger partial charge is 0.303 e. The van der Waals surface area contributed by atoms with Gasteiger partial charge in [0.2, 0.25) is 0 Å². The average molecular weight is 200 g/mol. The van der Waals surface area contributed by atoms with Crippen molar-refractivity contribution in [1.29, 1.82) is 0 Å². The Bertz CT molecular complexity index is 169. The molecule has 0 aromatic heterocycles. The molecule has 0 heterocycles. The Morgan fingerprint density at radius 3 is 2.85 bits per heavy atom. The second-order valence-electron chi connectivity index (χ2n) is 4.24. The summed E-state index contributed by atoms with van der Waals surface area (Å²) in [6.45, 7) is 2.24. The summed E-state index contributed by atoms with van der Waals surface area (Å²) in [6.07, 6.45) is 9.37. The molecule has 2 heteroatoms. The van der Waals surface area contributed by atoms with Gasteiger partial charge in [-0.25, -0.2) is 0 Å². The predicted molar refractivity (Wildman–Crippen MR) is 59.1 cm³/mol. The fourth-order valence-corrected chi connectivity index (χ4v) is 2.92. The van der Waals surface area contributed by atoms with E-state index in [1.807, 2.05) is 11.8 Å². The van der Waals surface area contributed by atoms with Crippen molar-refractivity contribution in [3.63, 3.8) is 0 Å². The number of aldehydes is 1. The lowest BCUT2D eigenvalue weighted by Gasteiger charge is -2.38. The molecule has 1 fully saturated rings. The van der Waals surface area contributed by atoms with E-state index >= 15 is 0 Å². The van der Waals surface area contributed by atoms with Crippen molar-refractivity contribution in [2.45, 2.75) is 39.0 Å². The van der Waals surface area contributed by atoms with Crippen LogP contribution in [0.1, 0.15) is 39.0 Å². The number of carbonyl (C=O) groups excluding carboxylic acids is 1. The third-order valence-corrected chi connectivity index (χ3v) is 4.13. The molecule has 1 rings (SSSR count). The highest BCUT2D eigenvalue weighted by molar-refractivity contribution is 7.98. The van der Waals surface area contributed by atoms with Crippen LogP contribution in [0.25, 0.3) is 0 Å². The number of hydrogen-bond acceptors (Lipinski definition) is 2. The van der Waals surface area contributed by atoms with Crippen LogP contribution in [0.5, 0.6) is 0 Å². The first-order valence-corrected chi connectivity index (χ1v) is 6.60. The molecule has 0 radical (unpaired) electrons. The first kappa shape index (κ1) is 11.1. The quantitative estimate of drug-likeness (QED) is 0.649. The summed E-state index contributed by atoms with van der Waals surface area (Å²) in [5, 5.41) is 0. The molecule has 0 bridgehead atoms. The van der Waals surface area contributed by atoms with Gasteiger partial charge in [0.25, 0.3) is 0 Å². The smallest absolute Gasteiger partial charge is 0.126 e. The Morgan fingerprint density at radius 1 is 1.54 bits per heavy atom. The van der Waals surface area contributed by atoms with Gasteiger partial charge in [-0.3, -0.25) is 0 Å². The molecule has 76 valence electrons. The van der Waals surface area contributed by atoms with Crippen LogP contribution in [0.3, 0.4) is 0 Å². The van der Waals surface area contributed by atoms with E-state index in [0.29, 0.717) is 5.92 Å². The highest BCUT2D eigenvalue weighted by Crippen LogP contribution is 2.42. The molecule has 2 unspecified atom stereocenters. The zero-order chi connectivity index (χ0) is 9.73. The molecular weight excluding hydrogens is 180 g/mol. The van der Waals surface area contributed by atoms with E-state index < -0.39 is 0 Å². The minimum Gasteiger partial charge on any atom is -0.303 e. The standard InChI is InChI=1S/C11H20OS/c1-10-5-3-4-6-11(10,9-12)7-8-13-2/h9-10H,3-8H2,1-2H3. The van der Waals surface area contributed by atoms with Crippen LogP contribution >= 0.6 is 11.8 Å². The van der Waals surface area contributed by atoms with Crippen LogP contribution < -0.4 is 0 Å². The third kappa shape index (κ3) is 2.49. The van der Waals surface area contributed by atoms with Gasteiger partial charge in [-0.1, -0.05) is 19.8 Å². The van der Waals surface area contributed by atoms with Gasteiger partial charge in [-0.05, 0) is 37.2 Å². The normalized spacial score (nSPS) is 34.5. The topological polar surface area (TPSA) is 17.1 Å². The van der Waals surface area contributed by atoms with Gasteiger partial charge in [0.05, 0.1) is 0 Å². The summed E-state index contributed by atoms with van der Waals surface area (Å²) < 4.78 is 0. The molecule has 0 aliphatic heterocycles. The van der Waals surface area contributed by atoms with Gasteiger partial charge in [-0.15, -0.1) is 0 Å². The highest BCUT2D eigenvalue weighted by Gasteiger charge is 2.37. The molecule has 0 amide bonds. The maximum Gasteiger partial charge on any atom is 0.126 e. The minimum absolute atomic E-state index is 0.0290. The number of hydrogen-bond donors (Lipinski definition) is 0. The maximum absolute atomic E-state index is 11.2. The summed E-state index contributed by atoms with van der Waals surface area (Å²) in [7, 11) is 0. The molecule has 0 N–H and O–H groups in total. The van der Waals surface area contributed by atoms with E-state index in [0.717, 1.165) is 18.6 Å². The molecular formula is C11H20OS. The van der Waals surface area contributed by atoms with E-state index in [9.17, 15) is 4.79 Å². The third-order valence-electron chi connectivity index (χ3n) is 3.52. The van der Waals surface area contributed by atoms with Gasteiger partial charge >= 0.3 is 0 Å². The molecule has 1 saturated carbocycles. The average Bonchev–Trinajstić information content (AvgIpc) is 2.17. The summed E-state index contributed by atoms with van der Waals surface area (Å²) in [6, 6.07) is 0. The lowest BCUT2D eigenvalue weighted by molar-refractivity contribution is -0.120. The van der Waals surface area contributed by atoms with Crippen molar-refractivity contribution in [2.75, 3.05) is 12.0 Å². The summed E-state index contributed by atoms with van der Waals surface area (Å²) in [4.78, 5) is 11.2. The number of thioether (sulfide) groups is 1. The molecule has 1 nitrogen and oxygen atoms in total. The molecule has 0 aromatic carbocycles. The zero-order valence-electron chi connectivity index (χ0n) is 8.71. The fraction of sp³-hybridized carbons (Fsp3) is 0.909. The molecule has 1 aliphatic carbocycles. The van der Waals surface area contributed by atoms with Crippen molar-refractivity contribution < 1.29 is 4.79 Å². The van der Waals surface area contributed by atoms with Crippen LogP contribution in [-0.2, 0) is 4.79 Å². The van der Waals surface area contributed by atoms with E-state index in [-0.39, 0.29) is 5.41 Å². The Kier molecular flexibility index (Phi) is 4.30. The second-order valence-corrected chi connectivity index (χ2v) is 5.23. The maximum atomic E-state index is 11.2. The number of rotatable bonds is 4. The van der Waals surface area contributed by atoms with Gasteiger partial charge in [-0.2, -0.15) is 11.8 Å². The summed E-state index contributed by atoms with van der Waals surface area (Å²) in [5.41, 5.74) is 0.0290. The molecule has 2 atom stereocenters. The van der Waals surface area contributed by atoms with Crippen LogP contribution in [0, 0.1) is 11.3 Å². The fourth-order valence-electron chi connectivity index (χ4n) is 2.34. The van der Waals surface area contributed by atoms with Crippen molar-refractivity contribution in [3.8, 4) is 0 Å². The zero-order valence-corrected chi connectivity index (χ0v) is 9.53. The molecule has 0 saturated heterocycles. The predicted octanol–water partition coefficient (Wildman–Crippen LogP) is 3.13. The monoisotopic (exact) mass is 200 g/mol. The Hall–Kier alpha value is 0.0200. The first-order chi connectivity index (χ1) is 6.25. The lowest BCUT2D eigenvalue weighted by Crippen LogP contribution is -2.34. The molecule has 13 heavy (non-hydrogen) atoms. The molecule has 1 aliphatic rings. The first-order valence-electron chi connectivity index (χ1n) is 5.20. The highest BCUT2D eigenvalue weighted by atomic mass is 32.2. The SMILES string of the molecule is CSCCC1(C=O)CCCCC1C. The van der Waals surface area contributed by atoms with E-state index in [1.165, 1.54) is 25.5 Å². The molecule has 0 spiro atoms. The van der Waals surface area contributed by atoms with Crippen LogP contribution in [0.15, 0.2) is 0 Å². The molecule has 0 aromatic rings.